The van der Waals surface area contributed by atoms with Crippen LogP contribution in [0.3, 0.4) is 0 Å². The van der Waals surface area contributed by atoms with Gasteiger partial charge in [-0.25, -0.2) is 4.98 Å². The molecule has 4 saturated heterocycles. The van der Waals surface area contributed by atoms with Crippen LogP contribution in [0.4, 0.5) is 5.82 Å². The summed E-state index contributed by atoms with van der Waals surface area (Å²) in [4.78, 5) is 75.3. The number of nitrogens with one attached hydrogen (secondary N) is 1. The minimum Gasteiger partial charge on any atom is -0.354 e. The van der Waals surface area contributed by atoms with Gasteiger partial charge in [0.05, 0.1) is 11.1 Å². The summed E-state index contributed by atoms with van der Waals surface area (Å²) in [6, 6.07) is 8.98. The molecular formula is C34H40N6O5. The van der Waals surface area contributed by atoms with E-state index in [1.165, 1.54) is 6.42 Å². The Balaban J connectivity index is 0.949. The van der Waals surface area contributed by atoms with Gasteiger partial charge in [-0.1, -0.05) is 6.07 Å². The number of carbonyl (C=O) groups is 5. The lowest BCUT2D eigenvalue weighted by Gasteiger charge is -2.47. The molecule has 4 unspecified atom stereocenters. The molecule has 4 fully saturated rings. The third-order valence-corrected chi connectivity index (χ3v) is 10.4. The van der Waals surface area contributed by atoms with E-state index in [1.54, 1.807) is 19.2 Å². The van der Waals surface area contributed by atoms with E-state index in [4.69, 9.17) is 0 Å². The zero-order valence-electron chi connectivity index (χ0n) is 25.7. The number of anilines is 1. The maximum absolute atomic E-state index is 13.4. The van der Waals surface area contributed by atoms with Gasteiger partial charge in [0.25, 0.3) is 11.8 Å². The maximum Gasteiger partial charge on any atom is 0.262 e. The average Bonchev–Trinajstić information content (AvgIpc) is 3.29. The number of Topliss-reactive ketones (excluding diaryl/α,β-unsaturated/α-hetero) is 1. The SMILES string of the molecule is CC(=O)c1ccc(N2CCN3CC(CN4CCCC(c5ccc6c(c5)C(=O)N(C5CCC(=O)NC5=O)C6=O)C4)CCC3C2)nc1. The molecular weight excluding hydrogens is 572 g/mol. The number of hydrogen-bond acceptors (Lipinski definition) is 9. The predicted molar refractivity (Wildman–Crippen MR) is 166 cm³/mol. The number of pyridine rings is 1. The number of benzene rings is 1. The quantitative estimate of drug-likeness (QED) is 0.387. The monoisotopic (exact) mass is 612 g/mol. The van der Waals surface area contributed by atoms with Gasteiger partial charge in [0.1, 0.15) is 11.9 Å². The molecule has 0 bridgehead atoms. The summed E-state index contributed by atoms with van der Waals surface area (Å²) in [5, 5.41) is 2.26. The predicted octanol–water partition coefficient (Wildman–Crippen LogP) is 2.47. The van der Waals surface area contributed by atoms with Crippen molar-refractivity contribution in [2.45, 2.75) is 63.5 Å². The number of nitrogens with zero attached hydrogens (tertiary/aromatic N) is 5. The summed E-state index contributed by atoms with van der Waals surface area (Å²) in [7, 11) is 0. The molecule has 1 aromatic carbocycles. The first-order chi connectivity index (χ1) is 21.7. The van der Waals surface area contributed by atoms with Crippen molar-refractivity contribution in [1.29, 1.82) is 0 Å². The Morgan fingerprint density at radius 1 is 0.911 bits per heavy atom. The Hall–Kier alpha value is -3.96. The number of likely N-dealkylation sites (tertiary alicyclic amines) is 1. The van der Waals surface area contributed by atoms with E-state index in [2.05, 4.69) is 25.0 Å². The molecule has 7 rings (SSSR count). The van der Waals surface area contributed by atoms with Crippen molar-refractivity contribution in [3.63, 3.8) is 0 Å². The number of piperidine rings is 3. The van der Waals surface area contributed by atoms with Crippen LogP contribution < -0.4 is 10.2 Å². The largest absolute Gasteiger partial charge is 0.354 e. The third kappa shape index (κ3) is 5.79. The molecule has 4 amide bonds. The van der Waals surface area contributed by atoms with Gasteiger partial charge >= 0.3 is 0 Å². The number of carbonyl (C=O) groups excluding carboxylic acids is 5. The molecule has 5 aliphatic rings. The van der Waals surface area contributed by atoms with Crippen LogP contribution in [0, 0.1) is 5.92 Å². The summed E-state index contributed by atoms with van der Waals surface area (Å²) in [5.41, 5.74) is 2.41. The van der Waals surface area contributed by atoms with Gasteiger partial charge in [-0.2, -0.15) is 0 Å². The fourth-order valence-electron chi connectivity index (χ4n) is 8.00. The number of ketones is 1. The Morgan fingerprint density at radius 2 is 1.76 bits per heavy atom. The Kier molecular flexibility index (Phi) is 7.99. The number of aromatic nitrogens is 1. The summed E-state index contributed by atoms with van der Waals surface area (Å²) < 4.78 is 0. The molecule has 6 heterocycles. The molecule has 11 heteroatoms. The highest BCUT2D eigenvalue weighted by molar-refractivity contribution is 6.23. The molecule has 0 aliphatic carbocycles. The highest BCUT2D eigenvalue weighted by Crippen LogP contribution is 2.34. The molecule has 4 atom stereocenters. The van der Waals surface area contributed by atoms with Gasteiger partial charge in [-0.15, -0.1) is 0 Å². The van der Waals surface area contributed by atoms with Crippen LogP contribution in [0.15, 0.2) is 36.5 Å². The number of fused-ring (bicyclic) bond motifs is 2. The molecule has 0 saturated carbocycles. The molecule has 236 valence electrons. The van der Waals surface area contributed by atoms with E-state index in [9.17, 15) is 24.0 Å². The number of rotatable bonds is 6. The number of imide groups is 2. The summed E-state index contributed by atoms with van der Waals surface area (Å²) in [5.74, 6) is 0.00658. The molecule has 11 nitrogen and oxygen atoms in total. The van der Waals surface area contributed by atoms with Crippen LogP contribution in [0.5, 0.6) is 0 Å². The summed E-state index contributed by atoms with van der Waals surface area (Å²) >= 11 is 0. The van der Waals surface area contributed by atoms with E-state index in [-0.39, 0.29) is 30.4 Å². The van der Waals surface area contributed by atoms with Crippen LogP contribution in [0.2, 0.25) is 0 Å². The van der Waals surface area contributed by atoms with Crippen LogP contribution >= 0.6 is 0 Å². The van der Waals surface area contributed by atoms with Crippen molar-refractivity contribution in [3.8, 4) is 0 Å². The minimum atomic E-state index is -0.947. The van der Waals surface area contributed by atoms with Crippen LogP contribution in [0.25, 0.3) is 0 Å². The number of piperazine rings is 1. The molecule has 45 heavy (non-hydrogen) atoms. The van der Waals surface area contributed by atoms with Crippen LogP contribution in [-0.4, -0.2) is 107 Å². The van der Waals surface area contributed by atoms with Crippen LogP contribution in [-0.2, 0) is 9.59 Å². The first-order valence-corrected chi connectivity index (χ1v) is 16.3. The Morgan fingerprint density at radius 3 is 2.53 bits per heavy atom. The second-order valence-electron chi connectivity index (χ2n) is 13.4. The zero-order valence-corrected chi connectivity index (χ0v) is 25.7. The van der Waals surface area contributed by atoms with Gasteiger partial charge in [-0.05, 0) is 87.2 Å². The maximum atomic E-state index is 13.4. The second-order valence-corrected chi connectivity index (χ2v) is 13.4. The highest BCUT2D eigenvalue weighted by atomic mass is 16.2. The van der Waals surface area contributed by atoms with Crippen molar-refractivity contribution in [2.24, 2.45) is 5.92 Å². The van der Waals surface area contributed by atoms with E-state index in [0.29, 0.717) is 28.7 Å². The zero-order chi connectivity index (χ0) is 31.2. The van der Waals surface area contributed by atoms with Crippen molar-refractivity contribution < 1.29 is 24.0 Å². The topological polar surface area (TPSA) is 123 Å². The molecule has 0 radical (unpaired) electrons. The van der Waals surface area contributed by atoms with Gasteiger partial charge in [-0.3, -0.25) is 39.1 Å². The Bertz CT molecular complexity index is 1540. The van der Waals surface area contributed by atoms with Crippen molar-refractivity contribution >= 4 is 35.2 Å². The van der Waals surface area contributed by atoms with Gasteiger partial charge in [0, 0.05) is 63.5 Å². The smallest absolute Gasteiger partial charge is 0.262 e. The third-order valence-electron chi connectivity index (χ3n) is 10.4. The lowest BCUT2D eigenvalue weighted by molar-refractivity contribution is -0.136. The Labute approximate surface area is 262 Å². The second kappa shape index (κ2) is 12.1. The molecule has 1 N–H and O–H groups in total. The summed E-state index contributed by atoms with van der Waals surface area (Å²) in [6.45, 7) is 8.62. The number of amides is 4. The van der Waals surface area contributed by atoms with E-state index in [0.717, 1.165) is 81.4 Å². The van der Waals surface area contributed by atoms with Crippen molar-refractivity contribution in [1.82, 2.24) is 25.0 Å². The van der Waals surface area contributed by atoms with E-state index >= 15 is 0 Å². The molecule has 2 aromatic rings. The van der Waals surface area contributed by atoms with Gasteiger partial charge < -0.3 is 9.80 Å². The fourth-order valence-corrected chi connectivity index (χ4v) is 8.00. The highest BCUT2D eigenvalue weighted by Gasteiger charge is 2.45. The molecule has 1 aromatic heterocycles. The van der Waals surface area contributed by atoms with Crippen molar-refractivity contribution in [3.05, 3.63) is 58.8 Å². The fraction of sp³-hybridized carbons (Fsp3) is 0.529. The normalized spacial score (nSPS) is 27.8. The lowest BCUT2D eigenvalue weighted by Crippen LogP contribution is -2.57. The van der Waals surface area contributed by atoms with Crippen LogP contribution in [0.1, 0.15) is 88.0 Å². The minimum absolute atomic E-state index is 0.0365. The summed E-state index contributed by atoms with van der Waals surface area (Å²) in [6.07, 6.45) is 6.42. The van der Waals surface area contributed by atoms with Crippen molar-refractivity contribution in [2.75, 3.05) is 50.7 Å². The average molecular weight is 613 g/mol. The molecule has 0 spiro atoms. The van der Waals surface area contributed by atoms with Gasteiger partial charge in [0.15, 0.2) is 5.78 Å². The number of hydrogen-bond donors (Lipinski definition) is 1. The lowest BCUT2D eigenvalue weighted by atomic mass is 9.87. The first-order valence-electron chi connectivity index (χ1n) is 16.3. The van der Waals surface area contributed by atoms with Gasteiger partial charge in [0.2, 0.25) is 11.8 Å². The molecule has 5 aliphatic heterocycles. The van der Waals surface area contributed by atoms with E-state index < -0.39 is 23.8 Å². The van der Waals surface area contributed by atoms with E-state index in [1.807, 2.05) is 24.3 Å². The first kappa shape index (κ1) is 29.7. The standard InChI is InChI=1S/C34H40N6O5/c1-21(41)24-6-10-30(35-16-24)39-14-13-38-18-22(4-7-26(38)20-39)17-37-12-2-3-25(19-37)23-5-8-27-28(15-23)34(45)40(33(27)44)29-9-11-31(42)36-32(29)43/h5-6,8,10,15-16,22,25-26,29H,2-4,7,9,11-14,17-20H2,1H3,(H,36,42,43).